The van der Waals surface area contributed by atoms with Gasteiger partial charge in [-0.15, -0.1) is 0 Å². The van der Waals surface area contributed by atoms with E-state index in [0.29, 0.717) is 13.1 Å². The van der Waals surface area contributed by atoms with Gasteiger partial charge in [-0.3, -0.25) is 0 Å². The maximum absolute atomic E-state index is 14.2. The molecule has 1 aromatic rings. The van der Waals surface area contributed by atoms with Gasteiger partial charge in [0.15, 0.2) is 0 Å². The Bertz CT molecular complexity index is 607. The van der Waals surface area contributed by atoms with Crippen LogP contribution in [0.15, 0.2) is 23.1 Å². The molecule has 0 saturated carbocycles. The van der Waals surface area contributed by atoms with Gasteiger partial charge < -0.3 is 5.32 Å². The maximum Gasteiger partial charge on any atom is 0.246 e. The predicted molar refractivity (Wildman–Crippen MR) is 84.4 cm³/mol. The monoisotopic (exact) mass is 332 g/mol. The first-order chi connectivity index (χ1) is 9.87. The van der Waals surface area contributed by atoms with E-state index in [1.165, 1.54) is 16.4 Å². The van der Waals surface area contributed by atoms with Crippen LogP contribution in [-0.4, -0.2) is 43.4 Å². The van der Waals surface area contributed by atoms with E-state index in [9.17, 15) is 12.8 Å². The molecule has 0 spiro atoms. The molecule has 1 N–H and O–H groups in total. The van der Waals surface area contributed by atoms with Crippen molar-refractivity contribution < 1.29 is 12.8 Å². The fraction of sp³-hybridized carbons (Fsp3) is 0.571. The molecule has 0 bridgehead atoms. The van der Waals surface area contributed by atoms with Crippen molar-refractivity contribution in [2.45, 2.75) is 36.6 Å². The summed E-state index contributed by atoms with van der Waals surface area (Å²) in [4.78, 5) is -0.228. The lowest BCUT2D eigenvalue weighted by molar-refractivity contribution is 0.338. The largest absolute Gasteiger partial charge is 0.316 e. The van der Waals surface area contributed by atoms with E-state index < -0.39 is 15.8 Å². The van der Waals surface area contributed by atoms with Crippen LogP contribution in [0.3, 0.4) is 0 Å². The quantitative estimate of drug-likeness (QED) is 0.917. The van der Waals surface area contributed by atoms with Gasteiger partial charge in [0.25, 0.3) is 0 Å². The minimum absolute atomic E-state index is 0.134. The molecule has 0 amide bonds. The number of hydrogen-bond acceptors (Lipinski definition) is 4. The first-order valence-electron chi connectivity index (χ1n) is 6.94. The van der Waals surface area contributed by atoms with Crippen LogP contribution in [-0.2, 0) is 16.6 Å². The predicted octanol–water partition coefficient (Wildman–Crippen LogP) is 2.06. The number of rotatable bonds is 4. The molecule has 1 aliphatic rings. The van der Waals surface area contributed by atoms with Crippen LogP contribution in [0.5, 0.6) is 0 Å². The van der Waals surface area contributed by atoms with Gasteiger partial charge in [-0.25, -0.2) is 12.8 Å². The fourth-order valence-corrected chi connectivity index (χ4v) is 5.48. The Morgan fingerprint density at radius 3 is 2.76 bits per heavy atom. The summed E-state index contributed by atoms with van der Waals surface area (Å²) in [5, 5.41) is 3.12. The molecule has 1 heterocycles. The molecular weight excluding hydrogens is 311 g/mol. The van der Waals surface area contributed by atoms with Gasteiger partial charge in [0.1, 0.15) is 10.7 Å². The molecule has 1 fully saturated rings. The van der Waals surface area contributed by atoms with Gasteiger partial charge in [-0.1, -0.05) is 13.0 Å². The minimum atomic E-state index is -3.78. The highest BCUT2D eigenvalue weighted by Gasteiger charge is 2.36. The molecule has 0 aliphatic carbocycles. The van der Waals surface area contributed by atoms with Crippen LogP contribution in [0.25, 0.3) is 0 Å². The van der Waals surface area contributed by atoms with Crippen LogP contribution in [0.4, 0.5) is 4.39 Å². The standard InChI is InChI=1S/C14H21FN2O2S2/c1-10-11(2)20-7-6-17(10)21(18,19)14-5-4-12(9-16-3)8-13(14)15/h4-5,8,10-11,16H,6-7,9H2,1-3H3. The van der Waals surface area contributed by atoms with Crippen molar-refractivity contribution in [1.82, 2.24) is 9.62 Å². The van der Waals surface area contributed by atoms with E-state index in [-0.39, 0.29) is 16.2 Å². The van der Waals surface area contributed by atoms with Crippen molar-refractivity contribution in [3.8, 4) is 0 Å². The lowest BCUT2D eigenvalue weighted by atomic mass is 10.2. The van der Waals surface area contributed by atoms with Crippen LogP contribution in [0.2, 0.25) is 0 Å². The average molecular weight is 332 g/mol. The van der Waals surface area contributed by atoms with E-state index in [0.717, 1.165) is 11.3 Å². The van der Waals surface area contributed by atoms with Gasteiger partial charge in [0.2, 0.25) is 10.0 Å². The van der Waals surface area contributed by atoms with E-state index in [4.69, 9.17) is 0 Å². The molecule has 0 aromatic heterocycles. The van der Waals surface area contributed by atoms with Crippen molar-refractivity contribution in [1.29, 1.82) is 0 Å². The molecule has 7 heteroatoms. The van der Waals surface area contributed by atoms with Crippen molar-refractivity contribution >= 4 is 21.8 Å². The molecule has 1 saturated heterocycles. The van der Waals surface area contributed by atoms with Gasteiger partial charge in [0, 0.05) is 30.1 Å². The van der Waals surface area contributed by atoms with Crippen LogP contribution >= 0.6 is 11.8 Å². The summed E-state index contributed by atoms with van der Waals surface area (Å²) in [6.45, 7) is 4.81. The third-order valence-corrected chi connectivity index (χ3v) is 7.15. The molecule has 0 radical (unpaired) electrons. The number of hydrogen-bond donors (Lipinski definition) is 1. The average Bonchev–Trinajstić information content (AvgIpc) is 2.42. The zero-order valence-electron chi connectivity index (χ0n) is 12.5. The Labute approximate surface area is 130 Å². The van der Waals surface area contributed by atoms with E-state index in [2.05, 4.69) is 5.32 Å². The second-order valence-corrected chi connectivity index (χ2v) is 8.57. The molecule has 21 heavy (non-hydrogen) atoms. The number of benzene rings is 1. The molecule has 4 nitrogen and oxygen atoms in total. The van der Waals surface area contributed by atoms with Gasteiger partial charge in [-0.2, -0.15) is 16.1 Å². The molecule has 2 unspecified atom stereocenters. The molecule has 2 atom stereocenters. The third-order valence-electron chi connectivity index (χ3n) is 3.79. The van der Waals surface area contributed by atoms with Crippen LogP contribution in [0, 0.1) is 5.82 Å². The van der Waals surface area contributed by atoms with E-state index >= 15 is 0 Å². The van der Waals surface area contributed by atoms with Gasteiger partial charge >= 0.3 is 0 Å². The number of nitrogens with one attached hydrogen (secondary N) is 1. The highest BCUT2D eigenvalue weighted by molar-refractivity contribution is 8.00. The van der Waals surface area contributed by atoms with Crippen molar-refractivity contribution in [3.63, 3.8) is 0 Å². The van der Waals surface area contributed by atoms with Gasteiger partial charge in [0.05, 0.1) is 0 Å². The third kappa shape index (κ3) is 3.41. The first-order valence-corrected chi connectivity index (χ1v) is 9.43. The number of halogens is 1. The maximum atomic E-state index is 14.2. The second kappa shape index (κ2) is 6.64. The summed E-state index contributed by atoms with van der Waals surface area (Å²) in [7, 11) is -2.02. The van der Waals surface area contributed by atoms with Crippen molar-refractivity contribution in [3.05, 3.63) is 29.6 Å². The zero-order chi connectivity index (χ0) is 15.6. The number of sulfonamides is 1. The van der Waals surface area contributed by atoms with Crippen LogP contribution < -0.4 is 5.32 Å². The summed E-state index contributed by atoms with van der Waals surface area (Å²) in [5.41, 5.74) is 0.726. The topological polar surface area (TPSA) is 49.4 Å². The molecule has 1 aromatic carbocycles. The summed E-state index contributed by atoms with van der Waals surface area (Å²) >= 11 is 1.75. The highest BCUT2D eigenvalue weighted by atomic mass is 32.2. The van der Waals surface area contributed by atoms with Crippen molar-refractivity contribution in [2.24, 2.45) is 0 Å². The molecule has 118 valence electrons. The Kier molecular flexibility index (Phi) is 5.29. The van der Waals surface area contributed by atoms with Crippen molar-refractivity contribution in [2.75, 3.05) is 19.3 Å². The summed E-state index contributed by atoms with van der Waals surface area (Å²) < 4.78 is 41.0. The minimum Gasteiger partial charge on any atom is -0.316 e. The summed E-state index contributed by atoms with van der Waals surface area (Å²) in [5.74, 6) is 0.0605. The van der Waals surface area contributed by atoms with E-state index in [1.54, 1.807) is 24.9 Å². The Hall–Kier alpha value is -0.630. The zero-order valence-corrected chi connectivity index (χ0v) is 14.1. The number of thioether (sulfide) groups is 1. The second-order valence-electron chi connectivity index (χ2n) is 5.23. The van der Waals surface area contributed by atoms with Crippen LogP contribution in [0.1, 0.15) is 19.4 Å². The fourth-order valence-electron chi connectivity index (χ4n) is 2.44. The normalized spacial score (nSPS) is 24.2. The number of nitrogens with zero attached hydrogens (tertiary/aromatic N) is 1. The Balaban J connectivity index is 2.35. The van der Waals surface area contributed by atoms with Gasteiger partial charge in [-0.05, 0) is 31.7 Å². The molecular formula is C14H21FN2O2S2. The highest BCUT2D eigenvalue weighted by Crippen LogP contribution is 2.30. The molecule has 2 rings (SSSR count). The smallest absolute Gasteiger partial charge is 0.246 e. The SMILES string of the molecule is CNCc1ccc(S(=O)(=O)N2CCSC(C)C2C)c(F)c1. The first kappa shape index (κ1) is 16.7. The van der Waals surface area contributed by atoms with E-state index in [1.807, 2.05) is 13.8 Å². The summed E-state index contributed by atoms with van der Waals surface area (Å²) in [6, 6.07) is 4.18. The molecule has 1 aliphatic heterocycles. The Morgan fingerprint density at radius 2 is 2.14 bits per heavy atom. The lowest BCUT2D eigenvalue weighted by Gasteiger charge is -2.36. The Morgan fingerprint density at radius 1 is 1.43 bits per heavy atom. The lowest BCUT2D eigenvalue weighted by Crippen LogP contribution is -2.48. The summed E-state index contributed by atoms with van der Waals surface area (Å²) in [6.07, 6.45) is 0.